The Morgan fingerprint density at radius 2 is 1.70 bits per heavy atom. The van der Waals surface area contributed by atoms with E-state index in [1.165, 1.54) is 22.6 Å². The second-order valence-corrected chi connectivity index (χ2v) is 11.2. The fourth-order valence-electron chi connectivity index (χ4n) is 4.85. The molecule has 2 aromatic rings. The number of halogens is 1. The SMILES string of the molecule is COc1cccc2c1C1(CN(CN3CCN(c4ccc(F)cc4)CC3)C2)SCCS1. The summed E-state index contributed by atoms with van der Waals surface area (Å²) in [5.74, 6) is 3.27. The monoisotopic (exact) mass is 445 g/mol. The zero-order valence-electron chi connectivity index (χ0n) is 17.3. The third-order valence-corrected chi connectivity index (χ3v) is 9.64. The molecule has 0 N–H and O–H groups in total. The fraction of sp³-hybridized carbons (Fsp3) is 0.478. The number of fused-ring (bicyclic) bond motifs is 2. The smallest absolute Gasteiger partial charge is 0.124 e. The van der Waals surface area contributed by atoms with Crippen molar-refractivity contribution in [1.29, 1.82) is 0 Å². The van der Waals surface area contributed by atoms with Crippen LogP contribution in [0, 0.1) is 5.82 Å². The van der Waals surface area contributed by atoms with Crippen LogP contribution in [0.15, 0.2) is 42.5 Å². The normalized spacial score (nSPS) is 21.7. The van der Waals surface area contributed by atoms with Gasteiger partial charge in [0.2, 0.25) is 0 Å². The Labute approximate surface area is 186 Å². The lowest BCUT2D eigenvalue weighted by Crippen LogP contribution is -2.52. The van der Waals surface area contributed by atoms with Gasteiger partial charge in [-0.25, -0.2) is 4.39 Å². The van der Waals surface area contributed by atoms with Gasteiger partial charge in [-0.05, 0) is 35.9 Å². The first-order chi connectivity index (χ1) is 14.7. The topological polar surface area (TPSA) is 19.0 Å². The van der Waals surface area contributed by atoms with Crippen LogP contribution < -0.4 is 9.64 Å². The lowest BCUT2D eigenvalue weighted by atomic mass is 9.97. The maximum atomic E-state index is 13.2. The fourth-order valence-corrected chi connectivity index (χ4v) is 8.31. The van der Waals surface area contributed by atoms with Crippen LogP contribution in [0.5, 0.6) is 5.75 Å². The summed E-state index contributed by atoms with van der Waals surface area (Å²) in [4.78, 5) is 7.53. The Hall–Kier alpha value is -1.41. The summed E-state index contributed by atoms with van der Waals surface area (Å²) in [7, 11) is 1.79. The Bertz CT molecular complexity index is 881. The van der Waals surface area contributed by atoms with E-state index in [-0.39, 0.29) is 9.90 Å². The molecule has 3 aliphatic rings. The molecule has 2 saturated heterocycles. The molecule has 1 spiro atoms. The highest BCUT2D eigenvalue weighted by molar-refractivity contribution is 8.20. The summed E-state index contributed by atoms with van der Waals surface area (Å²) < 4.78 is 19.1. The van der Waals surface area contributed by atoms with Crippen molar-refractivity contribution in [3.8, 4) is 5.75 Å². The summed E-state index contributed by atoms with van der Waals surface area (Å²) in [6, 6.07) is 13.4. The average Bonchev–Trinajstić information content (AvgIpc) is 3.23. The highest BCUT2D eigenvalue weighted by Gasteiger charge is 2.45. The van der Waals surface area contributed by atoms with E-state index in [4.69, 9.17) is 4.74 Å². The molecule has 0 bridgehead atoms. The number of ether oxygens (including phenoxy) is 1. The van der Waals surface area contributed by atoms with Gasteiger partial charge in [0.25, 0.3) is 0 Å². The van der Waals surface area contributed by atoms with Crippen LogP contribution in [0.4, 0.5) is 10.1 Å². The first-order valence-corrected chi connectivity index (χ1v) is 12.5. The highest BCUT2D eigenvalue weighted by Crippen LogP contribution is 2.57. The molecule has 160 valence electrons. The largest absolute Gasteiger partial charge is 0.496 e. The van der Waals surface area contributed by atoms with Crippen molar-refractivity contribution in [2.75, 3.05) is 62.9 Å². The van der Waals surface area contributed by atoms with Crippen LogP contribution in [0.3, 0.4) is 0 Å². The second kappa shape index (κ2) is 8.61. The van der Waals surface area contributed by atoms with Gasteiger partial charge in [-0.2, -0.15) is 0 Å². The summed E-state index contributed by atoms with van der Waals surface area (Å²) in [5, 5.41) is 0. The number of anilines is 1. The van der Waals surface area contributed by atoms with Crippen molar-refractivity contribution in [3.63, 3.8) is 0 Å². The molecule has 2 aromatic carbocycles. The van der Waals surface area contributed by atoms with Gasteiger partial charge >= 0.3 is 0 Å². The molecule has 0 saturated carbocycles. The number of thioether (sulfide) groups is 2. The van der Waals surface area contributed by atoms with Gasteiger partial charge in [-0.1, -0.05) is 12.1 Å². The van der Waals surface area contributed by atoms with Crippen LogP contribution in [0.25, 0.3) is 0 Å². The lowest BCUT2D eigenvalue weighted by Gasteiger charge is -2.44. The molecule has 0 atom stereocenters. The van der Waals surface area contributed by atoms with Gasteiger partial charge in [0.05, 0.1) is 13.8 Å². The van der Waals surface area contributed by atoms with E-state index in [1.807, 2.05) is 12.1 Å². The zero-order chi connectivity index (χ0) is 20.6. The van der Waals surface area contributed by atoms with E-state index in [0.29, 0.717) is 0 Å². The van der Waals surface area contributed by atoms with Crippen molar-refractivity contribution in [3.05, 3.63) is 59.4 Å². The summed E-state index contributed by atoms with van der Waals surface area (Å²) in [6.45, 7) is 7.08. The van der Waals surface area contributed by atoms with Crippen LogP contribution in [0.1, 0.15) is 11.1 Å². The number of hydrogen-bond acceptors (Lipinski definition) is 6. The average molecular weight is 446 g/mol. The highest BCUT2D eigenvalue weighted by atomic mass is 32.2. The van der Waals surface area contributed by atoms with Crippen molar-refractivity contribution < 1.29 is 9.13 Å². The van der Waals surface area contributed by atoms with E-state index in [9.17, 15) is 4.39 Å². The van der Waals surface area contributed by atoms with E-state index < -0.39 is 0 Å². The van der Waals surface area contributed by atoms with E-state index in [0.717, 1.165) is 57.4 Å². The number of rotatable bonds is 4. The molecule has 3 aliphatic heterocycles. The first-order valence-electron chi connectivity index (χ1n) is 10.6. The van der Waals surface area contributed by atoms with Gasteiger partial charge in [-0.15, -0.1) is 23.5 Å². The van der Waals surface area contributed by atoms with Crippen LogP contribution >= 0.6 is 23.5 Å². The minimum Gasteiger partial charge on any atom is -0.496 e. The van der Waals surface area contributed by atoms with Gasteiger partial charge in [-0.3, -0.25) is 9.80 Å². The van der Waals surface area contributed by atoms with Crippen molar-refractivity contribution in [2.24, 2.45) is 0 Å². The molecule has 3 heterocycles. The number of hydrogen-bond donors (Lipinski definition) is 0. The molecule has 0 amide bonds. The van der Waals surface area contributed by atoms with Gasteiger partial charge in [0, 0.05) is 62.0 Å². The quantitative estimate of drug-likeness (QED) is 0.702. The standard InChI is InChI=1S/C23H28FN3OS2/c1-28-21-4-2-3-18-15-26(16-23(22(18)21)29-13-14-30-23)17-25-9-11-27(12-10-25)20-7-5-19(24)6-8-20/h2-8H,9-17H2,1H3. The molecule has 30 heavy (non-hydrogen) atoms. The number of nitrogens with zero attached hydrogens (tertiary/aromatic N) is 3. The van der Waals surface area contributed by atoms with Crippen LogP contribution in [0.2, 0.25) is 0 Å². The third kappa shape index (κ3) is 3.93. The van der Waals surface area contributed by atoms with E-state index >= 15 is 0 Å². The van der Waals surface area contributed by atoms with Crippen LogP contribution in [-0.2, 0) is 10.6 Å². The second-order valence-electron chi connectivity index (χ2n) is 8.15. The van der Waals surface area contributed by atoms with Gasteiger partial charge in [0.1, 0.15) is 15.6 Å². The minimum absolute atomic E-state index is 0.0934. The molecule has 7 heteroatoms. The zero-order valence-corrected chi connectivity index (χ0v) is 19.0. The minimum atomic E-state index is -0.170. The Morgan fingerprint density at radius 1 is 0.967 bits per heavy atom. The Kier molecular flexibility index (Phi) is 5.88. The van der Waals surface area contributed by atoms with E-state index in [2.05, 4.69) is 56.4 Å². The Balaban J connectivity index is 1.27. The number of methoxy groups -OCH3 is 1. The molecular formula is C23H28FN3OS2. The molecule has 0 unspecified atom stereocenters. The molecule has 0 radical (unpaired) electrons. The van der Waals surface area contributed by atoms with Crippen molar-refractivity contribution >= 4 is 29.2 Å². The summed E-state index contributed by atoms with van der Waals surface area (Å²) >= 11 is 4.17. The maximum absolute atomic E-state index is 13.2. The third-order valence-electron chi connectivity index (χ3n) is 6.26. The molecular weight excluding hydrogens is 417 g/mol. The number of benzene rings is 2. The van der Waals surface area contributed by atoms with Crippen molar-refractivity contribution in [2.45, 2.75) is 10.6 Å². The first kappa shape index (κ1) is 20.5. The molecule has 0 aliphatic carbocycles. The van der Waals surface area contributed by atoms with Gasteiger partial charge < -0.3 is 9.64 Å². The summed E-state index contributed by atoms with van der Waals surface area (Å²) in [5.41, 5.74) is 3.94. The molecule has 5 rings (SSSR count). The molecule has 2 fully saturated rings. The lowest BCUT2D eigenvalue weighted by molar-refractivity contribution is 0.110. The number of piperazine rings is 1. The van der Waals surface area contributed by atoms with E-state index in [1.54, 1.807) is 19.2 Å². The molecule has 4 nitrogen and oxygen atoms in total. The maximum Gasteiger partial charge on any atom is 0.124 e. The predicted molar refractivity (Wildman–Crippen MR) is 125 cm³/mol. The Morgan fingerprint density at radius 3 is 2.40 bits per heavy atom. The predicted octanol–water partition coefficient (Wildman–Crippen LogP) is 4.06. The van der Waals surface area contributed by atoms with Gasteiger partial charge in [0.15, 0.2) is 0 Å². The molecule has 0 aromatic heterocycles. The van der Waals surface area contributed by atoms with Crippen molar-refractivity contribution in [1.82, 2.24) is 9.80 Å². The summed E-state index contributed by atoms with van der Waals surface area (Å²) in [6.07, 6.45) is 0. The van der Waals surface area contributed by atoms with Crippen LogP contribution in [-0.4, -0.2) is 67.8 Å².